The molecule has 0 saturated heterocycles. The predicted octanol–water partition coefficient (Wildman–Crippen LogP) is 5.26. The van der Waals surface area contributed by atoms with Crippen molar-refractivity contribution in [1.29, 1.82) is 0 Å². The first-order chi connectivity index (χ1) is 15.8. The average Bonchev–Trinajstić information content (AvgIpc) is 3.54. The maximum Gasteiger partial charge on any atom is 0.296 e. The van der Waals surface area contributed by atoms with Gasteiger partial charge in [-0.25, -0.2) is 4.98 Å². The summed E-state index contributed by atoms with van der Waals surface area (Å²) in [5, 5.41) is 25.8. The van der Waals surface area contributed by atoms with Crippen LogP contribution in [0.4, 0.5) is 10.8 Å². The zero-order chi connectivity index (χ0) is 23.4. The molecule has 33 heavy (non-hydrogen) atoms. The number of hydrogen-bond acceptors (Lipinski definition) is 9. The zero-order valence-electron chi connectivity index (χ0n) is 17.3. The van der Waals surface area contributed by atoms with E-state index in [-0.39, 0.29) is 22.0 Å². The van der Waals surface area contributed by atoms with Crippen molar-refractivity contribution < 1.29 is 24.0 Å². The van der Waals surface area contributed by atoms with Crippen LogP contribution < -0.4 is 4.90 Å². The fourth-order valence-corrected chi connectivity index (χ4v) is 5.60. The number of aryl methyl sites for hydroxylation is 2. The van der Waals surface area contributed by atoms with E-state index in [0.717, 1.165) is 11.3 Å². The Morgan fingerprint density at radius 3 is 2.70 bits per heavy atom. The van der Waals surface area contributed by atoms with E-state index in [4.69, 9.17) is 4.42 Å². The number of rotatable bonds is 5. The van der Waals surface area contributed by atoms with Crippen molar-refractivity contribution in [3.05, 3.63) is 85.2 Å². The Bertz CT molecular complexity index is 1480. The van der Waals surface area contributed by atoms with Gasteiger partial charge in [0.15, 0.2) is 16.7 Å². The molecule has 1 unspecified atom stereocenters. The van der Waals surface area contributed by atoms with Crippen LogP contribution in [-0.2, 0) is 4.79 Å². The summed E-state index contributed by atoms with van der Waals surface area (Å²) in [6.07, 6.45) is 0. The maximum atomic E-state index is 13.5. The number of ketones is 1. The van der Waals surface area contributed by atoms with Crippen molar-refractivity contribution in [2.24, 2.45) is 0 Å². The van der Waals surface area contributed by atoms with Gasteiger partial charge >= 0.3 is 0 Å². The van der Waals surface area contributed by atoms with E-state index < -0.39 is 28.4 Å². The summed E-state index contributed by atoms with van der Waals surface area (Å²) in [5.74, 6) is -0.997. The molecule has 4 heterocycles. The van der Waals surface area contributed by atoms with Gasteiger partial charge in [0, 0.05) is 12.1 Å². The Labute approximate surface area is 194 Å². The first-order valence-electron chi connectivity index (χ1n) is 9.71. The largest absolute Gasteiger partial charge is 0.503 e. The molecule has 0 aliphatic carbocycles. The molecule has 0 fully saturated rings. The first kappa shape index (κ1) is 21.0. The van der Waals surface area contributed by atoms with Crippen molar-refractivity contribution in [2.45, 2.75) is 19.9 Å². The molecule has 1 aliphatic heterocycles. The number of aromatic nitrogens is 1. The van der Waals surface area contributed by atoms with Gasteiger partial charge in [-0.15, -0.1) is 0 Å². The summed E-state index contributed by atoms with van der Waals surface area (Å²) in [7, 11) is 0. The van der Waals surface area contributed by atoms with Crippen molar-refractivity contribution in [3.8, 4) is 0 Å². The van der Waals surface area contributed by atoms with Crippen LogP contribution in [0.2, 0.25) is 0 Å². The number of aliphatic hydroxyl groups is 1. The summed E-state index contributed by atoms with van der Waals surface area (Å²) in [6, 6.07) is 6.67. The quantitative estimate of drug-likeness (QED) is 0.234. The molecule has 0 saturated carbocycles. The number of non-ortho nitro benzene ring substituents is 1. The lowest BCUT2D eigenvalue weighted by Gasteiger charge is -2.23. The molecule has 9 nitrogen and oxygen atoms in total. The number of aliphatic hydroxyl groups excluding tert-OH is 1. The Hall–Kier alpha value is -3.83. The van der Waals surface area contributed by atoms with Crippen molar-refractivity contribution in [1.82, 2.24) is 4.98 Å². The second kappa shape index (κ2) is 7.64. The third-order valence-corrected chi connectivity index (χ3v) is 7.09. The number of nitro benzene ring substituents is 1. The maximum absolute atomic E-state index is 13.5. The Balaban J connectivity index is 1.65. The van der Waals surface area contributed by atoms with Gasteiger partial charge in [-0.05, 0) is 48.4 Å². The van der Waals surface area contributed by atoms with E-state index in [1.165, 1.54) is 34.4 Å². The lowest BCUT2D eigenvalue weighted by Crippen LogP contribution is -2.30. The molecule has 1 aromatic carbocycles. The molecule has 1 N–H and O–H groups in total. The Kier molecular flexibility index (Phi) is 4.87. The van der Waals surface area contributed by atoms with Crippen LogP contribution in [0.1, 0.15) is 33.5 Å². The number of anilines is 1. The van der Waals surface area contributed by atoms with E-state index in [1.807, 2.05) is 5.38 Å². The van der Waals surface area contributed by atoms with Crippen LogP contribution in [0, 0.1) is 24.0 Å². The van der Waals surface area contributed by atoms with Crippen molar-refractivity contribution in [3.63, 3.8) is 0 Å². The second-order valence-electron chi connectivity index (χ2n) is 7.46. The number of Topliss-reactive ketones (excluding diaryl/α,β-unsaturated/α-hetero) is 1. The Morgan fingerprint density at radius 2 is 2.06 bits per heavy atom. The van der Waals surface area contributed by atoms with Gasteiger partial charge in [-0.3, -0.25) is 24.6 Å². The normalized spacial score (nSPS) is 16.2. The number of nitrogens with zero attached hydrogens (tertiary/aromatic N) is 3. The summed E-state index contributed by atoms with van der Waals surface area (Å²) in [5.41, 5.74) is 1.22. The van der Waals surface area contributed by atoms with Crippen LogP contribution >= 0.6 is 22.7 Å². The molecule has 11 heteroatoms. The number of carbonyl (C=O) groups is 2. The van der Waals surface area contributed by atoms with Gasteiger partial charge in [0.05, 0.1) is 32.3 Å². The first-order valence-corrected chi connectivity index (χ1v) is 11.5. The predicted molar refractivity (Wildman–Crippen MR) is 123 cm³/mol. The molecule has 1 aliphatic rings. The van der Waals surface area contributed by atoms with E-state index in [1.54, 1.807) is 31.4 Å². The highest BCUT2D eigenvalue weighted by Gasteiger charge is 2.46. The highest BCUT2D eigenvalue weighted by atomic mass is 32.1. The third-order valence-electron chi connectivity index (χ3n) is 5.37. The van der Waals surface area contributed by atoms with Crippen molar-refractivity contribution >= 4 is 55.4 Å². The number of carbonyl (C=O) groups excluding carboxylic acids is 2. The van der Waals surface area contributed by atoms with Crippen LogP contribution in [0.15, 0.2) is 56.8 Å². The van der Waals surface area contributed by atoms with Crippen LogP contribution in [0.3, 0.4) is 0 Å². The minimum atomic E-state index is -0.901. The van der Waals surface area contributed by atoms with Crippen LogP contribution in [-0.4, -0.2) is 26.7 Å². The van der Waals surface area contributed by atoms with Gasteiger partial charge in [0.2, 0.25) is 0 Å². The Morgan fingerprint density at radius 1 is 1.27 bits per heavy atom. The van der Waals surface area contributed by atoms with Gasteiger partial charge in [0.25, 0.3) is 11.6 Å². The number of fused-ring (bicyclic) bond motifs is 1. The molecule has 4 aromatic rings. The van der Waals surface area contributed by atoms with E-state index in [9.17, 15) is 24.8 Å². The van der Waals surface area contributed by atoms with Crippen LogP contribution in [0.25, 0.3) is 10.2 Å². The highest BCUT2D eigenvalue weighted by molar-refractivity contribution is 7.22. The average molecular weight is 482 g/mol. The monoisotopic (exact) mass is 481 g/mol. The van der Waals surface area contributed by atoms with Gasteiger partial charge < -0.3 is 9.52 Å². The summed E-state index contributed by atoms with van der Waals surface area (Å²) >= 11 is 2.46. The van der Waals surface area contributed by atoms with Gasteiger partial charge in [-0.2, -0.15) is 11.3 Å². The summed E-state index contributed by atoms with van der Waals surface area (Å²) < 4.78 is 5.99. The molecule has 166 valence electrons. The molecule has 1 amide bonds. The van der Waals surface area contributed by atoms with Gasteiger partial charge in [-0.1, -0.05) is 11.3 Å². The molecule has 0 bridgehead atoms. The van der Waals surface area contributed by atoms with E-state index >= 15 is 0 Å². The SMILES string of the molecule is Cc1cc(C(=O)C2=C(O)C(=O)N(c3nc4ccc([N+](=O)[O-])cc4s3)C2c2ccsc2)c(C)o1. The molecule has 5 rings (SSSR count). The summed E-state index contributed by atoms with van der Waals surface area (Å²) in [4.78, 5) is 43.0. The number of nitro groups is 1. The minimum absolute atomic E-state index is 0.0625. The van der Waals surface area contributed by atoms with Crippen LogP contribution in [0.5, 0.6) is 0 Å². The van der Waals surface area contributed by atoms with E-state index in [0.29, 0.717) is 27.3 Å². The molecular formula is C22H15N3O6S2. The highest BCUT2D eigenvalue weighted by Crippen LogP contribution is 2.45. The number of amides is 1. The number of thiazole rings is 1. The number of hydrogen-bond donors (Lipinski definition) is 1. The topological polar surface area (TPSA) is 127 Å². The molecule has 1 atom stereocenters. The molecule has 0 radical (unpaired) electrons. The smallest absolute Gasteiger partial charge is 0.296 e. The fraction of sp³-hybridized carbons (Fsp3) is 0.136. The van der Waals surface area contributed by atoms with E-state index in [2.05, 4.69) is 4.98 Å². The number of thiophene rings is 1. The fourth-order valence-electron chi connectivity index (χ4n) is 3.90. The standard InChI is InChI=1S/C22H15N3O6S2/c1-10-7-14(11(2)31-10)19(26)17-18(12-5-6-32-9-12)24(21(28)20(17)27)22-23-15-4-3-13(25(29)30)8-16(15)33-22/h3-9,18,27H,1-2H3. The minimum Gasteiger partial charge on any atom is -0.503 e. The lowest BCUT2D eigenvalue weighted by molar-refractivity contribution is -0.384. The third kappa shape index (κ3) is 3.33. The zero-order valence-corrected chi connectivity index (χ0v) is 18.9. The lowest BCUT2D eigenvalue weighted by atomic mass is 9.94. The van der Waals surface area contributed by atoms with Gasteiger partial charge in [0.1, 0.15) is 11.5 Å². The number of furan rings is 1. The number of benzene rings is 1. The molecule has 0 spiro atoms. The van der Waals surface area contributed by atoms with Crippen molar-refractivity contribution in [2.75, 3.05) is 4.90 Å². The second-order valence-corrected chi connectivity index (χ2v) is 9.25. The summed E-state index contributed by atoms with van der Waals surface area (Å²) in [6.45, 7) is 3.35. The molecular weight excluding hydrogens is 466 g/mol. The molecule has 3 aromatic heterocycles.